The number of benzene rings is 3. The lowest BCUT2D eigenvalue weighted by Gasteiger charge is -2.14. The number of ether oxygens (including phenoxy) is 4. The highest BCUT2D eigenvalue weighted by Crippen LogP contribution is 2.31. The van der Waals surface area contributed by atoms with Crippen LogP contribution in [0.5, 0.6) is 23.0 Å². The van der Waals surface area contributed by atoms with E-state index in [2.05, 4.69) is 10.6 Å². The fraction of sp³-hybridized carbons (Fsp3) is 0.207. The van der Waals surface area contributed by atoms with Gasteiger partial charge in [-0.15, -0.1) is 0 Å². The summed E-state index contributed by atoms with van der Waals surface area (Å²) in [5, 5.41) is 6.03. The van der Waals surface area contributed by atoms with E-state index in [-0.39, 0.29) is 23.5 Å². The second-order valence-electron chi connectivity index (χ2n) is 8.23. The van der Waals surface area contributed by atoms with E-state index < -0.39 is 0 Å². The summed E-state index contributed by atoms with van der Waals surface area (Å²) in [7, 11) is 1.53. The van der Waals surface area contributed by atoms with E-state index >= 15 is 0 Å². The SMILES string of the molecule is CCOc1ccc(N2C(=O)/C(=C\c3ccc(OCC(=O)Nc4ccccc4OC)c(OCC)c3)NC2=S)cc1. The van der Waals surface area contributed by atoms with Gasteiger partial charge in [0.15, 0.2) is 23.2 Å². The minimum atomic E-state index is -0.350. The van der Waals surface area contributed by atoms with Gasteiger partial charge in [0.2, 0.25) is 0 Å². The highest BCUT2D eigenvalue weighted by atomic mass is 32.1. The number of hydrogen-bond donors (Lipinski definition) is 2. The second-order valence-corrected chi connectivity index (χ2v) is 8.62. The van der Waals surface area contributed by atoms with E-state index in [1.165, 1.54) is 12.0 Å². The van der Waals surface area contributed by atoms with Crippen LogP contribution in [0.3, 0.4) is 0 Å². The van der Waals surface area contributed by atoms with E-state index in [1.807, 2.05) is 19.9 Å². The summed E-state index contributed by atoms with van der Waals surface area (Å²) in [6.07, 6.45) is 1.68. The van der Waals surface area contributed by atoms with Crippen LogP contribution in [-0.4, -0.2) is 43.9 Å². The number of thiocarbonyl (C=S) groups is 1. The van der Waals surface area contributed by atoms with Crippen LogP contribution in [0.15, 0.2) is 72.4 Å². The summed E-state index contributed by atoms with van der Waals surface area (Å²) in [4.78, 5) is 27.1. The highest BCUT2D eigenvalue weighted by molar-refractivity contribution is 7.80. The van der Waals surface area contributed by atoms with Gasteiger partial charge in [-0.25, -0.2) is 0 Å². The minimum Gasteiger partial charge on any atom is -0.495 e. The van der Waals surface area contributed by atoms with Crippen molar-refractivity contribution in [3.63, 3.8) is 0 Å². The van der Waals surface area contributed by atoms with Crippen LogP contribution in [0, 0.1) is 0 Å². The third-order valence-corrected chi connectivity index (χ3v) is 5.89. The van der Waals surface area contributed by atoms with Crippen LogP contribution in [0.2, 0.25) is 0 Å². The number of rotatable bonds is 11. The van der Waals surface area contributed by atoms with Crippen molar-refractivity contribution in [2.45, 2.75) is 13.8 Å². The number of carbonyl (C=O) groups is 2. The van der Waals surface area contributed by atoms with Crippen LogP contribution in [0.25, 0.3) is 6.08 Å². The van der Waals surface area contributed by atoms with Gasteiger partial charge in [0.25, 0.3) is 11.8 Å². The summed E-state index contributed by atoms with van der Waals surface area (Å²) in [5.74, 6) is 1.46. The van der Waals surface area contributed by atoms with Crippen LogP contribution in [-0.2, 0) is 9.59 Å². The zero-order valence-corrected chi connectivity index (χ0v) is 22.7. The Hall–Kier alpha value is -4.57. The molecule has 0 unspecified atom stereocenters. The number of hydrogen-bond acceptors (Lipinski definition) is 7. The van der Waals surface area contributed by atoms with Gasteiger partial charge in [0.05, 0.1) is 31.7 Å². The minimum absolute atomic E-state index is 0.232. The van der Waals surface area contributed by atoms with Gasteiger partial charge >= 0.3 is 0 Å². The molecule has 0 radical (unpaired) electrons. The van der Waals surface area contributed by atoms with Crippen molar-refractivity contribution in [2.24, 2.45) is 0 Å². The quantitative estimate of drug-likeness (QED) is 0.262. The Labute approximate surface area is 232 Å². The highest BCUT2D eigenvalue weighted by Gasteiger charge is 2.32. The van der Waals surface area contributed by atoms with E-state index in [4.69, 9.17) is 31.2 Å². The Morgan fingerprint density at radius 1 is 0.949 bits per heavy atom. The molecule has 1 fully saturated rings. The monoisotopic (exact) mass is 547 g/mol. The predicted octanol–water partition coefficient (Wildman–Crippen LogP) is 4.77. The summed E-state index contributed by atoms with van der Waals surface area (Å²) in [5.41, 5.74) is 2.19. The molecular weight excluding hydrogens is 518 g/mol. The number of anilines is 2. The molecule has 0 spiro atoms. The summed E-state index contributed by atoms with van der Waals surface area (Å²) < 4.78 is 22.2. The molecule has 0 bridgehead atoms. The summed E-state index contributed by atoms with van der Waals surface area (Å²) in [6.45, 7) is 4.46. The van der Waals surface area contributed by atoms with Crippen molar-refractivity contribution in [1.29, 1.82) is 0 Å². The Morgan fingerprint density at radius 3 is 2.41 bits per heavy atom. The zero-order chi connectivity index (χ0) is 27.8. The first-order valence-electron chi connectivity index (χ1n) is 12.4. The number of para-hydroxylation sites is 2. The molecule has 4 rings (SSSR count). The van der Waals surface area contributed by atoms with Gasteiger partial charge in [-0.05, 0) is 86.2 Å². The molecular formula is C29H29N3O6S. The van der Waals surface area contributed by atoms with Gasteiger partial charge in [-0.2, -0.15) is 0 Å². The number of amides is 2. The van der Waals surface area contributed by atoms with Gasteiger partial charge in [0, 0.05) is 0 Å². The molecule has 1 aliphatic heterocycles. The molecule has 2 N–H and O–H groups in total. The summed E-state index contributed by atoms with van der Waals surface area (Å²) in [6, 6.07) is 19.4. The molecule has 3 aromatic rings. The van der Waals surface area contributed by atoms with Gasteiger partial charge in [-0.1, -0.05) is 18.2 Å². The van der Waals surface area contributed by atoms with Gasteiger partial charge in [-0.3, -0.25) is 14.5 Å². The van der Waals surface area contributed by atoms with E-state index in [1.54, 1.807) is 66.7 Å². The number of nitrogens with one attached hydrogen (secondary N) is 2. The fourth-order valence-electron chi connectivity index (χ4n) is 3.87. The maximum absolute atomic E-state index is 13.1. The Kier molecular flexibility index (Phi) is 9.01. The molecule has 1 saturated heterocycles. The van der Waals surface area contributed by atoms with E-state index in [0.717, 1.165) is 0 Å². The lowest BCUT2D eigenvalue weighted by Crippen LogP contribution is -2.30. The molecule has 0 saturated carbocycles. The van der Waals surface area contributed by atoms with Crippen LogP contribution in [0.4, 0.5) is 11.4 Å². The molecule has 3 aromatic carbocycles. The number of carbonyl (C=O) groups excluding carboxylic acids is 2. The van der Waals surface area contributed by atoms with Gasteiger partial charge in [0.1, 0.15) is 17.2 Å². The first kappa shape index (κ1) is 27.5. The number of methoxy groups -OCH3 is 1. The smallest absolute Gasteiger partial charge is 0.281 e. The average molecular weight is 548 g/mol. The number of nitrogens with zero attached hydrogens (tertiary/aromatic N) is 1. The van der Waals surface area contributed by atoms with Crippen LogP contribution >= 0.6 is 12.2 Å². The zero-order valence-electron chi connectivity index (χ0n) is 21.9. The third kappa shape index (κ3) is 6.66. The topological polar surface area (TPSA) is 98.4 Å². The third-order valence-electron chi connectivity index (χ3n) is 5.60. The second kappa shape index (κ2) is 12.8. The van der Waals surface area contributed by atoms with Crippen molar-refractivity contribution >= 4 is 46.6 Å². The molecule has 0 aromatic heterocycles. The van der Waals surface area contributed by atoms with Crippen molar-refractivity contribution in [2.75, 3.05) is 37.1 Å². The van der Waals surface area contributed by atoms with Crippen molar-refractivity contribution < 1.29 is 28.5 Å². The predicted molar refractivity (Wildman–Crippen MR) is 154 cm³/mol. The largest absolute Gasteiger partial charge is 0.495 e. The maximum atomic E-state index is 13.1. The van der Waals surface area contributed by atoms with Crippen molar-refractivity contribution in [1.82, 2.24) is 5.32 Å². The Balaban J connectivity index is 1.46. The Bertz CT molecular complexity index is 1390. The van der Waals surface area contributed by atoms with Crippen molar-refractivity contribution in [3.05, 3.63) is 78.0 Å². The van der Waals surface area contributed by atoms with E-state index in [0.29, 0.717) is 58.8 Å². The first-order chi connectivity index (χ1) is 18.9. The maximum Gasteiger partial charge on any atom is 0.281 e. The van der Waals surface area contributed by atoms with Crippen molar-refractivity contribution in [3.8, 4) is 23.0 Å². The molecule has 202 valence electrons. The molecule has 0 atom stereocenters. The fourth-order valence-corrected chi connectivity index (χ4v) is 4.17. The molecule has 10 heteroatoms. The van der Waals surface area contributed by atoms with Gasteiger partial charge < -0.3 is 29.6 Å². The normalized spacial score (nSPS) is 13.7. The van der Waals surface area contributed by atoms with Crippen LogP contribution in [0.1, 0.15) is 19.4 Å². The lowest BCUT2D eigenvalue weighted by atomic mass is 10.1. The molecule has 39 heavy (non-hydrogen) atoms. The molecule has 0 aliphatic carbocycles. The molecule has 1 aliphatic rings. The van der Waals surface area contributed by atoms with E-state index in [9.17, 15) is 9.59 Å². The lowest BCUT2D eigenvalue weighted by molar-refractivity contribution is -0.118. The average Bonchev–Trinajstić information content (AvgIpc) is 3.21. The first-order valence-corrected chi connectivity index (χ1v) is 12.8. The standard InChI is InChI=1S/C29H29N3O6S/c1-4-36-21-13-11-20(12-14-21)32-28(34)23(31-29(32)39)16-19-10-15-25(26(17-19)37-5-2)38-18-27(33)30-22-8-6-7-9-24(22)35-3/h6-17H,4-5,18H2,1-3H3,(H,30,33)(H,31,39)/b23-16+. The molecule has 1 heterocycles. The summed E-state index contributed by atoms with van der Waals surface area (Å²) >= 11 is 5.42. The van der Waals surface area contributed by atoms with Crippen LogP contribution < -0.4 is 34.5 Å². The molecule has 9 nitrogen and oxygen atoms in total. The molecule has 2 amide bonds. The Morgan fingerprint density at radius 2 is 1.69 bits per heavy atom.